The van der Waals surface area contributed by atoms with Crippen molar-refractivity contribution in [1.29, 1.82) is 0 Å². The summed E-state index contributed by atoms with van der Waals surface area (Å²) >= 11 is 6.15. The number of nitrogens with two attached hydrogens (primary N) is 1. The van der Waals surface area contributed by atoms with Crippen molar-refractivity contribution in [3.05, 3.63) is 51.8 Å². The lowest BCUT2D eigenvalue weighted by Gasteiger charge is -2.30. The Morgan fingerprint density at radius 2 is 2.10 bits per heavy atom. The van der Waals surface area contributed by atoms with Crippen molar-refractivity contribution in [3.8, 4) is 0 Å². The minimum Gasteiger partial charge on any atom is -0.398 e. The maximum absolute atomic E-state index is 13.3. The predicted molar refractivity (Wildman–Crippen MR) is 103 cm³/mol. The van der Waals surface area contributed by atoms with E-state index in [1.165, 1.54) is 4.68 Å². The van der Waals surface area contributed by atoms with Crippen molar-refractivity contribution >= 4 is 29.0 Å². The predicted octanol–water partition coefficient (Wildman–Crippen LogP) is 3.95. The van der Waals surface area contributed by atoms with E-state index in [4.69, 9.17) is 17.3 Å². The SMILES string of the molecule is CC1=C(C(=O)NCC2CC2)C(c2ccc(N)c(Cl)c2)n2nc(C(F)(F)F)cc2N1. The molecule has 29 heavy (non-hydrogen) atoms. The van der Waals surface area contributed by atoms with Gasteiger partial charge in [0, 0.05) is 18.3 Å². The maximum atomic E-state index is 13.3. The molecule has 10 heteroatoms. The van der Waals surface area contributed by atoms with Crippen LogP contribution in [0.4, 0.5) is 24.7 Å². The topological polar surface area (TPSA) is 85.0 Å². The number of nitrogen functional groups attached to an aromatic ring is 1. The Bertz CT molecular complexity index is 1010. The van der Waals surface area contributed by atoms with E-state index in [-0.39, 0.29) is 22.3 Å². The van der Waals surface area contributed by atoms with Gasteiger partial charge < -0.3 is 16.4 Å². The van der Waals surface area contributed by atoms with E-state index in [1.807, 2.05) is 0 Å². The fourth-order valence-corrected chi connectivity index (χ4v) is 3.57. The first-order chi connectivity index (χ1) is 13.6. The zero-order valence-electron chi connectivity index (χ0n) is 15.5. The molecular weight excluding hydrogens is 407 g/mol. The number of hydrogen-bond donors (Lipinski definition) is 3. The molecule has 1 fully saturated rings. The molecule has 0 saturated heterocycles. The molecule has 1 aliphatic carbocycles. The van der Waals surface area contributed by atoms with E-state index >= 15 is 0 Å². The van der Waals surface area contributed by atoms with Gasteiger partial charge in [-0.05, 0) is 43.4 Å². The molecule has 0 radical (unpaired) electrons. The smallest absolute Gasteiger partial charge is 0.398 e. The third-order valence-corrected chi connectivity index (χ3v) is 5.42. The van der Waals surface area contributed by atoms with Crippen LogP contribution in [0.15, 0.2) is 35.5 Å². The quantitative estimate of drug-likeness (QED) is 0.647. The second-order valence-corrected chi connectivity index (χ2v) is 7.76. The van der Waals surface area contributed by atoms with Gasteiger partial charge in [0.25, 0.3) is 5.91 Å². The highest BCUT2D eigenvalue weighted by Gasteiger charge is 2.39. The van der Waals surface area contributed by atoms with Crippen LogP contribution in [0.1, 0.15) is 37.1 Å². The summed E-state index contributed by atoms with van der Waals surface area (Å²) in [5.74, 6) is 0.249. The van der Waals surface area contributed by atoms with Crippen LogP contribution in [0.2, 0.25) is 5.02 Å². The second-order valence-electron chi connectivity index (χ2n) is 7.36. The number of halogens is 4. The lowest BCUT2D eigenvalue weighted by molar-refractivity contribution is -0.141. The summed E-state index contributed by atoms with van der Waals surface area (Å²) in [6.45, 7) is 2.19. The number of benzene rings is 1. The summed E-state index contributed by atoms with van der Waals surface area (Å²) in [5, 5.41) is 9.75. The first-order valence-corrected chi connectivity index (χ1v) is 9.50. The Morgan fingerprint density at radius 3 is 2.72 bits per heavy atom. The van der Waals surface area contributed by atoms with Crippen LogP contribution in [0.25, 0.3) is 0 Å². The van der Waals surface area contributed by atoms with Crippen molar-refractivity contribution in [2.45, 2.75) is 32.0 Å². The highest BCUT2D eigenvalue weighted by atomic mass is 35.5. The molecule has 2 aliphatic rings. The van der Waals surface area contributed by atoms with Gasteiger partial charge in [0.1, 0.15) is 11.9 Å². The molecule has 4 rings (SSSR count). The number of nitrogens with zero attached hydrogens (tertiary/aromatic N) is 2. The van der Waals surface area contributed by atoms with Crippen molar-refractivity contribution in [3.63, 3.8) is 0 Å². The van der Waals surface area contributed by atoms with Gasteiger partial charge in [-0.25, -0.2) is 4.68 Å². The van der Waals surface area contributed by atoms with Gasteiger partial charge in [-0.2, -0.15) is 18.3 Å². The number of nitrogens with one attached hydrogen (secondary N) is 2. The number of fused-ring (bicyclic) bond motifs is 1. The largest absolute Gasteiger partial charge is 0.435 e. The Balaban J connectivity index is 1.80. The number of hydrogen-bond acceptors (Lipinski definition) is 4. The zero-order valence-corrected chi connectivity index (χ0v) is 16.2. The molecule has 1 atom stereocenters. The van der Waals surface area contributed by atoms with Crippen LogP contribution in [0.3, 0.4) is 0 Å². The molecule has 2 aromatic rings. The molecule has 1 amide bonds. The molecule has 1 aromatic heterocycles. The standard InChI is InChI=1S/C19H19ClF3N5O/c1-9-16(18(29)25-8-10-2-3-10)17(11-4-5-13(24)12(20)6-11)28-15(26-9)7-14(27-28)19(21,22)23/h4-7,10,17,26H,2-3,8,24H2,1H3,(H,25,29). The van der Waals surface area contributed by atoms with E-state index < -0.39 is 17.9 Å². The summed E-state index contributed by atoms with van der Waals surface area (Å²) < 4.78 is 40.9. The van der Waals surface area contributed by atoms with Crippen LogP contribution in [0.5, 0.6) is 0 Å². The minimum atomic E-state index is -4.61. The Labute approximate surface area is 169 Å². The fourth-order valence-electron chi connectivity index (χ4n) is 3.38. The normalized spacial score (nSPS) is 19.0. The first kappa shape index (κ1) is 19.6. The van der Waals surface area contributed by atoms with Crippen molar-refractivity contribution < 1.29 is 18.0 Å². The Hall–Kier alpha value is -2.68. The van der Waals surface area contributed by atoms with Crippen molar-refractivity contribution in [2.24, 2.45) is 5.92 Å². The third-order valence-electron chi connectivity index (χ3n) is 5.10. The summed E-state index contributed by atoms with van der Waals surface area (Å²) in [5.41, 5.74) is 6.33. The van der Waals surface area contributed by atoms with Crippen molar-refractivity contribution in [2.75, 3.05) is 17.6 Å². The number of carbonyl (C=O) groups is 1. The molecule has 0 bridgehead atoms. The Kier molecular flexibility index (Phi) is 4.72. The van der Waals surface area contributed by atoms with Crippen LogP contribution < -0.4 is 16.4 Å². The van der Waals surface area contributed by atoms with Gasteiger partial charge in [0.15, 0.2) is 5.69 Å². The van der Waals surface area contributed by atoms with Gasteiger partial charge in [-0.3, -0.25) is 4.79 Å². The highest BCUT2D eigenvalue weighted by molar-refractivity contribution is 6.33. The van der Waals surface area contributed by atoms with Crippen LogP contribution in [-0.4, -0.2) is 22.2 Å². The molecule has 2 heterocycles. The van der Waals surface area contributed by atoms with E-state index in [0.717, 1.165) is 18.9 Å². The molecule has 1 aromatic carbocycles. The summed E-state index contributed by atoms with van der Waals surface area (Å²) in [6, 6.07) is 4.79. The molecule has 6 nitrogen and oxygen atoms in total. The van der Waals surface area contributed by atoms with Crippen LogP contribution in [-0.2, 0) is 11.0 Å². The lowest BCUT2D eigenvalue weighted by Crippen LogP contribution is -2.35. The second kappa shape index (κ2) is 6.98. The number of anilines is 2. The maximum Gasteiger partial charge on any atom is 0.435 e. The molecule has 1 unspecified atom stereocenters. The van der Waals surface area contributed by atoms with Gasteiger partial charge in [0.05, 0.1) is 16.3 Å². The highest BCUT2D eigenvalue weighted by Crippen LogP contribution is 2.40. The average molecular weight is 426 g/mol. The number of amides is 1. The molecule has 1 saturated carbocycles. The number of carbonyl (C=O) groups excluding carboxylic acids is 1. The van der Waals surface area contributed by atoms with Crippen LogP contribution in [0, 0.1) is 5.92 Å². The van der Waals surface area contributed by atoms with Gasteiger partial charge >= 0.3 is 6.18 Å². The summed E-state index contributed by atoms with van der Waals surface area (Å²) in [4.78, 5) is 13.0. The number of alkyl halides is 3. The van der Waals surface area contributed by atoms with E-state index in [0.29, 0.717) is 29.4 Å². The number of aromatic nitrogens is 2. The average Bonchev–Trinajstić information content (AvgIpc) is 3.37. The molecule has 0 spiro atoms. The monoisotopic (exact) mass is 425 g/mol. The zero-order chi connectivity index (χ0) is 20.9. The molecular formula is C19H19ClF3N5O. The van der Waals surface area contributed by atoms with Gasteiger partial charge in [-0.1, -0.05) is 17.7 Å². The minimum absolute atomic E-state index is 0.145. The van der Waals surface area contributed by atoms with E-state index in [9.17, 15) is 18.0 Å². The Morgan fingerprint density at radius 1 is 1.38 bits per heavy atom. The summed E-state index contributed by atoms with van der Waals surface area (Å²) in [7, 11) is 0. The van der Waals surface area contributed by atoms with Gasteiger partial charge in [0.2, 0.25) is 0 Å². The third kappa shape index (κ3) is 3.78. The fraction of sp³-hybridized carbons (Fsp3) is 0.368. The lowest BCUT2D eigenvalue weighted by atomic mass is 9.94. The molecule has 1 aliphatic heterocycles. The van der Waals surface area contributed by atoms with E-state index in [1.54, 1.807) is 25.1 Å². The summed E-state index contributed by atoms with van der Waals surface area (Å²) in [6.07, 6.45) is -2.49. The molecule has 154 valence electrons. The van der Waals surface area contributed by atoms with Crippen molar-refractivity contribution in [1.82, 2.24) is 15.1 Å². The molecule has 4 N–H and O–H groups in total. The number of rotatable bonds is 4. The van der Waals surface area contributed by atoms with E-state index in [2.05, 4.69) is 15.7 Å². The van der Waals surface area contributed by atoms with Crippen LogP contribution >= 0.6 is 11.6 Å². The number of allylic oxidation sites excluding steroid dienone is 1. The first-order valence-electron chi connectivity index (χ1n) is 9.13. The van der Waals surface area contributed by atoms with Gasteiger partial charge in [-0.15, -0.1) is 0 Å².